The van der Waals surface area contributed by atoms with Gasteiger partial charge in [0, 0.05) is 32.5 Å². The number of methoxy groups -OCH3 is 1. The molecule has 0 aromatic carbocycles. The molecule has 0 atom stereocenters. The maximum atomic E-state index is 11.1. The molecule has 6 heteroatoms. The van der Waals surface area contributed by atoms with Gasteiger partial charge in [-0.25, -0.2) is 4.79 Å². The number of hydrogen-bond donors (Lipinski definition) is 1. The highest BCUT2D eigenvalue weighted by atomic mass is 16.6. The van der Waals surface area contributed by atoms with Gasteiger partial charge < -0.3 is 20.2 Å². The van der Waals surface area contributed by atoms with Crippen molar-refractivity contribution in [2.24, 2.45) is 10.9 Å². The van der Waals surface area contributed by atoms with Crippen molar-refractivity contribution >= 4 is 11.8 Å². The minimum atomic E-state index is -0.281. The van der Waals surface area contributed by atoms with E-state index in [9.17, 15) is 4.79 Å². The molecule has 1 aliphatic rings. The summed E-state index contributed by atoms with van der Waals surface area (Å²) >= 11 is 0. The van der Waals surface area contributed by atoms with Gasteiger partial charge >= 0.3 is 6.09 Å². The van der Waals surface area contributed by atoms with E-state index in [1.54, 1.807) is 4.90 Å². The number of rotatable bonds is 3. The second-order valence-electron chi connectivity index (χ2n) is 3.24. The fraction of sp³-hybridized carbons (Fsp3) is 0.778. The number of hydrogen-bond acceptors (Lipinski definition) is 5. The van der Waals surface area contributed by atoms with Gasteiger partial charge in [0.25, 0.3) is 0 Å². The van der Waals surface area contributed by atoms with Crippen LogP contribution in [0.5, 0.6) is 0 Å². The van der Waals surface area contributed by atoms with Crippen LogP contribution in [0, 0.1) is 0 Å². The summed E-state index contributed by atoms with van der Waals surface area (Å²) in [6, 6.07) is 0. The summed E-state index contributed by atoms with van der Waals surface area (Å²) < 4.78 is 4.62. The van der Waals surface area contributed by atoms with Gasteiger partial charge in [-0.2, -0.15) is 0 Å². The summed E-state index contributed by atoms with van der Waals surface area (Å²) in [6.45, 7) is 2.17. The summed E-state index contributed by atoms with van der Waals surface area (Å²) in [6.07, 6.45) is 1.19. The molecule has 0 aliphatic carbocycles. The molecule has 0 saturated carbocycles. The van der Waals surface area contributed by atoms with E-state index in [1.807, 2.05) is 0 Å². The van der Waals surface area contributed by atoms with Crippen LogP contribution >= 0.6 is 0 Å². The summed E-state index contributed by atoms with van der Waals surface area (Å²) in [5.74, 6) is 0. The highest BCUT2D eigenvalue weighted by Crippen LogP contribution is 2.08. The second kappa shape index (κ2) is 6.23. The Kier molecular flexibility index (Phi) is 4.89. The van der Waals surface area contributed by atoms with E-state index in [0.29, 0.717) is 26.2 Å². The van der Waals surface area contributed by atoms with Gasteiger partial charge in [0.05, 0.1) is 12.8 Å². The highest BCUT2D eigenvalue weighted by molar-refractivity contribution is 5.86. The molecule has 1 heterocycles. The predicted octanol–water partition coefficient (Wildman–Crippen LogP) is 0.180. The first kappa shape index (κ1) is 11.8. The van der Waals surface area contributed by atoms with Crippen LogP contribution in [0.1, 0.15) is 12.8 Å². The molecule has 1 fully saturated rings. The van der Waals surface area contributed by atoms with Crippen LogP contribution < -0.4 is 5.73 Å². The quantitative estimate of drug-likeness (QED) is 0.538. The van der Waals surface area contributed by atoms with E-state index in [0.717, 1.165) is 18.6 Å². The van der Waals surface area contributed by atoms with Crippen molar-refractivity contribution in [3.8, 4) is 0 Å². The average Bonchev–Trinajstić information content (AvgIpc) is 2.29. The number of piperidine rings is 1. The van der Waals surface area contributed by atoms with Crippen molar-refractivity contribution in [2.75, 3.05) is 33.4 Å². The third-order valence-corrected chi connectivity index (χ3v) is 2.18. The first-order valence-electron chi connectivity index (χ1n) is 4.98. The van der Waals surface area contributed by atoms with Crippen LogP contribution in [-0.4, -0.2) is 50.1 Å². The molecule has 1 aliphatic heterocycles. The molecule has 0 spiro atoms. The number of carbonyl (C=O) groups is 1. The van der Waals surface area contributed by atoms with E-state index < -0.39 is 0 Å². The summed E-state index contributed by atoms with van der Waals surface area (Å²) in [5, 5.41) is 3.95. The maximum Gasteiger partial charge on any atom is 0.409 e. The predicted molar refractivity (Wildman–Crippen MR) is 55.7 cm³/mol. The monoisotopic (exact) mass is 215 g/mol. The molecular weight excluding hydrogens is 198 g/mol. The first-order chi connectivity index (χ1) is 7.27. The zero-order valence-corrected chi connectivity index (χ0v) is 8.94. The molecule has 0 unspecified atom stereocenters. The molecular formula is C9H17N3O3. The van der Waals surface area contributed by atoms with E-state index >= 15 is 0 Å². The average molecular weight is 215 g/mol. The van der Waals surface area contributed by atoms with Crippen LogP contribution in [-0.2, 0) is 9.57 Å². The number of oxime groups is 1. The minimum Gasteiger partial charge on any atom is -0.453 e. The van der Waals surface area contributed by atoms with Crippen molar-refractivity contribution in [1.29, 1.82) is 0 Å². The van der Waals surface area contributed by atoms with E-state index in [-0.39, 0.29) is 6.09 Å². The van der Waals surface area contributed by atoms with E-state index in [2.05, 4.69) is 9.89 Å². The van der Waals surface area contributed by atoms with Crippen LogP contribution in [0.3, 0.4) is 0 Å². The normalized spacial score (nSPS) is 16.1. The van der Waals surface area contributed by atoms with Gasteiger partial charge in [0.2, 0.25) is 0 Å². The standard InChI is InChI=1S/C9H17N3O3/c1-14-9(13)12-5-2-8(3-6-12)11-15-7-4-10/h2-7,10H2,1H3. The number of likely N-dealkylation sites (tertiary alicyclic amines) is 1. The Labute approximate surface area is 89.0 Å². The van der Waals surface area contributed by atoms with E-state index in [4.69, 9.17) is 10.6 Å². The summed E-state index contributed by atoms with van der Waals surface area (Å²) in [4.78, 5) is 17.8. The topological polar surface area (TPSA) is 77.1 Å². The molecule has 15 heavy (non-hydrogen) atoms. The lowest BCUT2D eigenvalue weighted by Gasteiger charge is -2.25. The third kappa shape index (κ3) is 3.75. The Balaban J connectivity index is 2.29. The Morgan fingerprint density at radius 3 is 2.73 bits per heavy atom. The van der Waals surface area contributed by atoms with Crippen LogP contribution in [0.15, 0.2) is 5.16 Å². The molecule has 0 aromatic heterocycles. The van der Waals surface area contributed by atoms with Crippen LogP contribution in [0.25, 0.3) is 0 Å². The van der Waals surface area contributed by atoms with Gasteiger partial charge in [-0.3, -0.25) is 0 Å². The van der Waals surface area contributed by atoms with E-state index in [1.165, 1.54) is 7.11 Å². The molecule has 0 bridgehead atoms. The minimum absolute atomic E-state index is 0.281. The molecule has 1 rings (SSSR count). The van der Waals surface area contributed by atoms with Gasteiger partial charge in [-0.15, -0.1) is 0 Å². The van der Waals surface area contributed by atoms with Crippen LogP contribution in [0.4, 0.5) is 4.79 Å². The summed E-state index contributed by atoms with van der Waals surface area (Å²) in [5.41, 5.74) is 6.24. The molecule has 86 valence electrons. The molecule has 6 nitrogen and oxygen atoms in total. The number of nitrogens with zero attached hydrogens (tertiary/aromatic N) is 2. The molecule has 0 aromatic rings. The fourth-order valence-corrected chi connectivity index (χ4v) is 1.36. The Hall–Kier alpha value is -1.30. The van der Waals surface area contributed by atoms with Crippen molar-refractivity contribution < 1.29 is 14.4 Å². The summed E-state index contributed by atoms with van der Waals surface area (Å²) in [7, 11) is 1.39. The molecule has 1 amide bonds. The van der Waals surface area contributed by atoms with Gasteiger partial charge in [0.1, 0.15) is 6.61 Å². The van der Waals surface area contributed by atoms with Crippen LogP contribution in [0.2, 0.25) is 0 Å². The number of carbonyl (C=O) groups excluding carboxylic acids is 1. The largest absolute Gasteiger partial charge is 0.453 e. The second-order valence-corrected chi connectivity index (χ2v) is 3.24. The Morgan fingerprint density at radius 1 is 1.53 bits per heavy atom. The Bertz CT molecular complexity index is 233. The molecule has 0 radical (unpaired) electrons. The van der Waals surface area contributed by atoms with Gasteiger partial charge in [-0.1, -0.05) is 5.16 Å². The first-order valence-corrected chi connectivity index (χ1v) is 4.98. The zero-order valence-electron chi connectivity index (χ0n) is 8.94. The third-order valence-electron chi connectivity index (χ3n) is 2.18. The Morgan fingerprint density at radius 2 is 2.20 bits per heavy atom. The lowest BCUT2D eigenvalue weighted by atomic mass is 10.1. The lowest BCUT2D eigenvalue weighted by Crippen LogP contribution is -2.38. The van der Waals surface area contributed by atoms with Gasteiger partial charge in [0.15, 0.2) is 0 Å². The molecule has 2 N–H and O–H groups in total. The fourth-order valence-electron chi connectivity index (χ4n) is 1.36. The van der Waals surface area contributed by atoms with Crippen molar-refractivity contribution in [3.05, 3.63) is 0 Å². The van der Waals surface area contributed by atoms with Crippen molar-refractivity contribution in [2.45, 2.75) is 12.8 Å². The van der Waals surface area contributed by atoms with Crippen molar-refractivity contribution in [1.82, 2.24) is 4.90 Å². The smallest absolute Gasteiger partial charge is 0.409 e. The van der Waals surface area contributed by atoms with Gasteiger partial charge in [-0.05, 0) is 0 Å². The lowest BCUT2D eigenvalue weighted by molar-refractivity contribution is 0.121. The SMILES string of the molecule is COC(=O)N1CCC(=NOCCN)CC1. The van der Waals surface area contributed by atoms with Crippen molar-refractivity contribution in [3.63, 3.8) is 0 Å². The number of amides is 1. The zero-order chi connectivity index (χ0) is 11.1. The number of nitrogens with two attached hydrogens (primary N) is 1. The maximum absolute atomic E-state index is 11.1. The highest BCUT2D eigenvalue weighted by Gasteiger charge is 2.20. The molecule has 1 saturated heterocycles. The number of ether oxygens (including phenoxy) is 1.